The van der Waals surface area contributed by atoms with Crippen molar-refractivity contribution in [2.24, 2.45) is 0 Å². The summed E-state index contributed by atoms with van der Waals surface area (Å²) >= 11 is 0. The molecule has 0 saturated carbocycles. The van der Waals surface area contributed by atoms with Crippen LogP contribution < -0.4 is 5.32 Å². The van der Waals surface area contributed by atoms with Crippen LogP contribution in [-0.4, -0.2) is 11.5 Å². The zero-order valence-electron chi connectivity index (χ0n) is 11.1. The summed E-state index contributed by atoms with van der Waals surface area (Å²) in [6.07, 6.45) is 0.522. The van der Waals surface area contributed by atoms with Crippen LogP contribution in [0.25, 0.3) is 0 Å². The van der Waals surface area contributed by atoms with Crippen molar-refractivity contribution in [1.82, 2.24) is 0 Å². The molecule has 0 atom stereocenters. The predicted molar refractivity (Wildman–Crippen MR) is 76.4 cm³/mol. The van der Waals surface area contributed by atoms with Gasteiger partial charge in [0.15, 0.2) is 0 Å². The highest BCUT2D eigenvalue weighted by molar-refractivity contribution is 5.54. The fourth-order valence-electron chi connectivity index (χ4n) is 1.96. The minimum atomic E-state index is -0.405. The zero-order valence-corrected chi connectivity index (χ0v) is 11.1. The number of nitro groups is 1. The Balaban J connectivity index is 2.00. The number of nitrogens with one attached hydrogen (secondary N) is 1. The SMILES string of the molecule is Cc1ccc(NCCc2ccccc2F)cc1[N+](=O)[O-]. The molecule has 104 valence electrons. The van der Waals surface area contributed by atoms with Gasteiger partial charge in [-0.3, -0.25) is 10.1 Å². The second-order valence-corrected chi connectivity index (χ2v) is 4.53. The molecule has 0 aliphatic heterocycles. The molecule has 0 aliphatic rings. The van der Waals surface area contributed by atoms with Gasteiger partial charge in [-0.15, -0.1) is 0 Å². The first-order valence-corrected chi connectivity index (χ1v) is 6.30. The average molecular weight is 274 g/mol. The highest BCUT2D eigenvalue weighted by Gasteiger charge is 2.10. The number of aryl methyl sites for hydroxylation is 1. The standard InChI is InChI=1S/C15H15FN2O2/c1-11-6-7-13(10-15(11)18(19)20)17-9-8-12-4-2-3-5-14(12)16/h2-7,10,17H,8-9H2,1H3. The second kappa shape index (κ2) is 6.14. The molecule has 0 radical (unpaired) electrons. The molecule has 5 heteroatoms. The van der Waals surface area contributed by atoms with E-state index in [0.717, 1.165) is 0 Å². The maximum absolute atomic E-state index is 13.4. The second-order valence-electron chi connectivity index (χ2n) is 4.53. The Morgan fingerprint density at radius 3 is 2.70 bits per heavy atom. The Morgan fingerprint density at radius 1 is 1.25 bits per heavy atom. The number of benzene rings is 2. The molecule has 2 aromatic carbocycles. The van der Waals surface area contributed by atoms with E-state index in [1.807, 2.05) is 0 Å². The lowest BCUT2D eigenvalue weighted by atomic mass is 10.1. The fraction of sp³-hybridized carbons (Fsp3) is 0.200. The molecule has 0 saturated heterocycles. The van der Waals surface area contributed by atoms with Crippen molar-refractivity contribution in [1.29, 1.82) is 0 Å². The predicted octanol–water partition coefficient (Wildman–Crippen LogP) is 3.70. The largest absolute Gasteiger partial charge is 0.385 e. The van der Waals surface area contributed by atoms with Gasteiger partial charge >= 0.3 is 0 Å². The van der Waals surface area contributed by atoms with Crippen LogP contribution in [0.3, 0.4) is 0 Å². The Hall–Kier alpha value is -2.43. The highest BCUT2D eigenvalue weighted by Crippen LogP contribution is 2.22. The Bertz CT molecular complexity index is 629. The van der Waals surface area contributed by atoms with Crippen LogP contribution in [0.5, 0.6) is 0 Å². The van der Waals surface area contributed by atoms with Gasteiger partial charge in [0, 0.05) is 23.9 Å². The van der Waals surface area contributed by atoms with Crippen molar-refractivity contribution in [2.45, 2.75) is 13.3 Å². The van der Waals surface area contributed by atoms with Crippen LogP contribution in [0.1, 0.15) is 11.1 Å². The van der Waals surface area contributed by atoms with Gasteiger partial charge in [-0.2, -0.15) is 0 Å². The molecule has 0 aromatic heterocycles. The minimum absolute atomic E-state index is 0.0842. The summed E-state index contributed by atoms with van der Waals surface area (Å²) in [4.78, 5) is 10.4. The quantitative estimate of drug-likeness (QED) is 0.668. The van der Waals surface area contributed by atoms with Crippen molar-refractivity contribution in [3.63, 3.8) is 0 Å². The first kappa shape index (κ1) is 14.0. The number of hydrogen-bond donors (Lipinski definition) is 1. The Labute approximate surface area is 116 Å². The number of nitro benzene ring substituents is 1. The van der Waals surface area contributed by atoms with E-state index in [1.165, 1.54) is 12.1 Å². The maximum atomic E-state index is 13.4. The summed E-state index contributed by atoms with van der Waals surface area (Å²) in [5.41, 5.74) is 2.00. The molecule has 0 unspecified atom stereocenters. The summed E-state index contributed by atoms with van der Waals surface area (Å²) in [5.74, 6) is -0.232. The lowest BCUT2D eigenvalue weighted by Crippen LogP contribution is -2.06. The van der Waals surface area contributed by atoms with E-state index in [0.29, 0.717) is 29.8 Å². The van der Waals surface area contributed by atoms with Crippen LogP contribution in [0.2, 0.25) is 0 Å². The Morgan fingerprint density at radius 2 is 2.00 bits per heavy atom. The molecule has 0 aliphatic carbocycles. The maximum Gasteiger partial charge on any atom is 0.274 e. The monoisotopic (exact) mass is 274 g/mol. The minimum Gasteiger partial charge on any atom is -0.385 e. The summed E-state index contributed by atoms with van der Waals surface area (Å²) in [7, 11) is 0. The molecule has 0 spiro atoms. The van der Waals surface area contributed by atoms with E-state index < -0.39 is 4.92 Å². The van der Waals surface area contributed by atoms with Crippen molar-refractivity contribution >= 4 is 11.4 Å². The number of rotatable bonds is 5. The normalized spacial score (nSPS) is 10.3. The molecule has 2 rings (SSSR count). The van der Waals surface area contributed by atoms with Gasteiger partial charge in [0.25, 0.3) is 5.69 Å². The van der Waals surface area contributed by atoms with Gasteiger partial charge in [0.05, 0.1) is 4.92 Å². The topological polar surface area (TPSA) is 55.2 Å². The molecule has 0 heterocycles. The van der Waals surface area contributed by atoms with Crippen LogP contribution >= 0.6 is 0 Å². The van der Waals surface area contributed by atoms with Crippen LogP contribution in [0, 0.1) is 22.9 Å². The van der Waals surface area contributed by atoms with Crippen molar-refractivity contribution in [3.05, 3.63) is 69.5 Å². The average Bonchev–Trinajstić information content (AvgIpc) is 2.42. The number of nitrogens with zero attached hydrogens (tertiary/aromatic N) is 1. The first-order valence-electron chi connectivity index (χ1n) is 6.30. The lowest BCUT2D eigenvalue weighted by Gasteiger charge is -2.08. The molecule has 0 bridgehead atoms. The van der Waals surface area contributed by atoms with E-state index >= 15 is 0 Å². The zero-order chi connectivity index (χ0) is 14.5. The number of halogens is 1. The molecule has 2 aromatic rings. The van der Waals surface area contributed by atoms with Gasteiger partial charge in [-0.1, -0.05) is 24.3 Å². The van der Waals surface area contributed by atoms with Gasteiger partial charge in [0.2, 0.25) is 0 Å². The third-order valence-electron chi connectivity index (χ3n) is 3.09. The van der Waals surface area contributed by atoms with E-state index in [4.69, 9.17) is 0 Å². The van der Waals surface area contributed by atoms with Gasteiger partial charge < -0.3 is 5.32 Å². The smallest absolute Gasteiger partial charge is 0.274 e. The third-order valence-corrected chi connectivity index (χ3v) is 3.09. The van der Waals surface area contributed by atoms with E-state index in [2.05, 4.69) is 5.32 Å². The van der Waals surface area contributed by atoms with E-state index in [-0.39, 0.29) is 11.5 Å². The lowest BCUT2D eigenvalue weighted by molar-refractivity contribution is -0.385. The van der Waals surface area contributed by atoms with Crippen molar-refractivity contribution in [3.8, 4) is 0 Å². The molecule has 0 amide bonds. The highest BCUT2D eigenvalue weighted by atomic mass is 19.1. The Kier molecular flexibility index (Phi) is 4.30. The van der Waals surface area contributed by atoms with Crippen molar-refractivity contribution < 1.29 is 9.31 Å². The molecular formula is C15H15FN2O2. The summed E-state index contributed by atoms with van der Waals surface area (Å²) in [6, 6.07) is 11.6. The summed E-state index contributed by atoms with van der Waals surface area (Å²) in [6.45, 7) is 2.21. The molecule has 0 fully saturated rings. The first-order chi connectivity index (χ1) is 9.58. The van der Waals surface area contributed by atoms with Gasteiger partial charge in [-0.25, -0.2) is 4.39 Å². The van der Waals surface area contributed by atoms with Gasteiger partial charge in [-0.05, 0) is 31.0 Å². The molecule has 1 N–H and O–H groups in total. The van der Waals surface area contributed by atoms with Gasteiger partial charge in [0.1, 0.15) is 5.82 Å². The van der Waals surface area contributed by atoms with Crippen LogP contribution in [0.15, 0.2) is 42.5 Å². The van der Waals surface area contributed by atoms with Crippen LogP contribution in [-0.2, 0) is 6.42 Å². The van der Waals surface area contributed by atoms with E-state index in [1.54, 1.807) is 37.3 Å². The van der Waals surface area contributed by atoms with Crippen LogP contribution in [0.4, 0.5) is 15.8 Å². The number of hydrogen-bond acceptors (Lipinski definition) is 3. The van der Waals surface area contributed by atoms with Crippen molar-refractivity contribution in [2.75, 3.05) is 11.9 Å². The molecule has 20 heavy (non-hydrogen) atoms. The third kappa shape index (κ3) is 3.32. The fourth-order valence-corrected chi connectivity index (χ4v) is 1.96. The van der Waals surface area contributed by atoms with E-state index in [9.17, 15) is 14.5 Å². The molecule has 4 nitrogen and oxygen atoms in total. The molecular weight excluding hydrogens is 259 g/mol. The summed E-state index contributed by atoms with van der Waals surface area (Å²) in [5, 5.41) is 13.9. The summed E-state index contributed by atoms with van der Waals surface area (Å²) < 4.78 is 13.4. The number of anilines is 1.